The van der Waals surface area contributed by atoms with Crippen LogP contribution < -0.4 is 0 Å². The molecule has 23 heavy (non-hydrogen) atoms. The lowest BCUT2D eigenvalue weighted by atomic mass is 9.75. The zero-order valence-electron chi connectivity index (χ0n) is 13.6. The van der Waals surface area contributed by atoms with Crippen LogP contribution in [0.2, 0.25) is 0 Å². The molecule has 1 aliphatic heterocycles. The van der Waals surface area contributed by atoms with Gasteiger partial charge in [0.1, 0.15) is 5.41 Å². The van der Waals surface area contributed by atoms with Crippen LogP contribution in [0.1, 0.15) is 24.8 Å². The first kappa shape index (κ1) is 16.9. The van der Waals surface area contributed by atoms with E-state index in [9.17, 15) is 14.4 Å². The molecule has 0 atom stereocenters. The topological polar surface area (TPSA) is 57.7 Å². The summed E-state index contributed by atoms with van der Waals surface area (Å²) in [6, 6.07) is 9.34. The molecule has 5 heteroatoms. The summed E-state index contributed by atoms with van der Waals surface area (Å²) >= 11 is 0. The van der Waals surface area contributed by atoms with Gasteiger partial charge in [-0.15, -0.1) is 6.58 Å². The second-order valence-corrected chi connectivity index (χ2v) is 5.92. The first-order valence-electron chi connectivity index (χ1n) is 7.69. The fraction of sp³-hybridized carbons (Fsp3) is 0.389. The maximum atomic E-state index is 12.7. The van der Waals surface area contributed by atoms with Gasteiger partial charge in [0.2, 0.25) is 11.8 Å². The van der Waals surface area contributed by atoms with Gasteiger partial charge in [-0.3, -0.25) is 19.4 Å². The number of barbiturate groups is 1. The molecule has 1 aromatic rings. The molecule has 0 N–H and O–H groups in total. The number of rotatable bonds is 6. The first-order chi connectivity index (χ1) is 10.9. The van der Waals surface area contributed by atoms with E-state index in [0.717, 1.165) is 21.8 Å². The van der Waals surface area contributed by atoms with Crippen molar-refractivity contribution in [1.82, 2.24) is 9.80 Å². The van der Waals surface area contributed by atoms with Crippen LogP contribution >= 0.6 is 0 Å². The van der Waals surface area contributed by atoms with Gasteiger partial charge in [0.05, 0.1) is 0 Å². The van der Waals surface area contributed by atoms with Gasteiger partial charge in [-0.2, -0.15) is 0 Å². The highest BCUT2D eigenvalue weighted by atomic mass is 16.2. The van der Waals surface area contributed by atoms with Crippen LogP contribution in [-0.4, -0.2) is 41.7 Å². The zero-order valence-corrected chi connectivity index (χ0v) is 13.6. The molecule has 1 heterocycles. The number of hydrogen-bond acceptors (Lipinski definition) is 3. The minimum Gasteiger partial charge on any atom is -0.273 e. The molecule has 1 fully saturated rings. The van der Waals surface area contributed by atoms with Crippen LogP contribution in [0.3, 0.4) is 0 Å². The monoisotopic (exact) mass is 314 g/mol. The maximum Gasteiger partial charge on any atom is 0.332 e. The van der Waals surface area contributed by atoms with E-state index in [0.29, 0.717) is 12.8 Å². The normalized spacial score (nSPS) is 17.6. The maximum absolute atomic E-state index is 12.7. The number of urea groups is 1. The zero-order chi connectivity index (χ0) is 17.0. The fourth-order valence-corrected chi connectivity index (χ4v) is 3.11. The Bertz CT molecular complexity index is 600. The second-order valence-electron chi connectivity index (χ2n) is 5.92. The van der Waals surface area contributed by atoms with Crippen molar-refractivity contribution in [2.45, 2.75) is 25.7 Å². The molecule has 122 valence electrons. The van der Waals surface area contributed by atoms with Crippen molar-refractivity contribution in [3.63, 3.8) is 0 Å². The van der Waals surface area contributed by atoms with E-state index in [1.165, 1.54) is 14.1 Å². The van der Waals surface area contributed by atoms with Crippen LogP contribution in [0.4, 0.5) is 4.79 Å². The van der Waals surface area contributed by atoms with E-state index < -0.39 is 23.3 Å². The van der Waals surface area contributed by atoms with Gasteiger partial charge in [-0.25, -0.2) is 4.79 Å². The lowest BCUT2D eigenvalue weighted by Crippen LogP contribution is -2.62. The molecule has 0 spiro atoms. The quantitative estimate of drug-likeness (QED) is 0.599. The fourth-order valence-electron chi connectivity index (χ4n) is 3.11. The Morgan fingerprint density at radius 3 is 2.13 bits per heavy atom. The molecule has 2 rings (SSSR count). The standard InChI is InChI=1S/C18H22N2O3/c1-4-12-18(13-8-11-14-9-6-5-7-10-14)15(21)19(2)17(23)20(3)16(18)22/h4-7,9-10H,1,8,11-13H2,2-3H3. The van der Waals surface area contributed by atoms with E-state index in [1.807, 2.05) is 30.3 Å². The van der Waals surface area contributed by atoms with Crippen molar-refractivity contribution in [3.05, 3.63) is 48.6 Å². The molecular weight excluding hydrogens is 292 g/mol. The SMILES string of the molecule is C=CCC1(CCCc2ccccc2)C(=O)N(C)C(=O)N(C)C1=O. The number of aryl methyl sites for hydroxylation is 1. The van der Waals surface area contributed by atoms with Crippen molar-refractivity contribution >= 4 is 17.8 Å². The third-order valence-electron chi connectivity index (χ3n) is 4.41. The van der Waals surface area contributed by atoms with Gasteiger partial charge in [0.25, 0.3) is 0 Å². The minimum absolute atomic E-state index is 0.238. The van der Waals surface area contributed by atoms with Crippen LogP contribution in [-0.2, 0) is 16.0 Å². The minimum atomic E-state index is -1.21. The molecule has 0 aromatic heterocycles. The average molecular weight is 314 g/mol. The number of carbonyl (C=O) groups excluding carboxylic acids is 3. The molecule has 0 saturated carbocycles. The van der Waals surface area contributed by atoms with Gasteiger partial charge in [-0.05, 0) is 31.2 Å². The summed E-state index contributed by atoms with van der Waals surface area (Å²) in [5.74, 6) is -0.864. The molecule has 0 bridgehead atoms. The number of benzene rings is 1. The molecule has 0 unspecified atom stereocenters. The molecule has 0 aliphatic carbocycles. The van der Waals surface area contributed by atoms with Crippen LogP contribution in [0.25, 0.3) is 0 Å². The van der Waals surface area contributed by atoms with Gasteiger partial charge in [0, 0.05) is 14.1 Å². The number of allylic oxidation sites excluding steroid dienone is 1. The van der Waals surface area contributed by atoms with Crippen molar-refractivity contribution < 1.29 is 14.4 Å². The third kappa shape index (κ3) is 3.04. The summed E-state index contributed by atoms with van der Waals surface area (Å²) in [5, 5.41) is 0. The van der Waals surface area contributed by atoms with Crippen LogP contribution in [0.15, 0.2) is 43.0 Å². The lowest BCUT2D eigenvalue weighted by Gasteiger charge is -2.41. The summed E-state index contributed by atoms with van der Waals surface area (Å²) in [7, 11) is 2.84. The highest BCUT2D eigenvalue weighted by Gasteiger charge is 2.53. The summed E-state index contributed by atoms with van der Waals surface area (Å²) < 4.78 is 0. The Morgan fingerprint density at radius 1 is 1.04 bits per heavy atom. The predicted molar refractivity (Wildman–Crippen MR) is 87.6 cm³/mol. The number of imide groups is 2. The lowest BCUT2D eigenvalue weighted by molar-refractivity contribution is -0.157. The van der Waals surface area contributed by atoms with E-state index in [4.69, 9.17) is 0 Å². The molecule has 5 nitrogen and oxygen atoms in total. The Kier molecular flexibility index (Phi) is 4.98. The summed E-state index contributed by atoms with van der Waals surface area (Å²) in [6.45, 7) is 3.68. The second kappa shape index (κ2) is 6.77. The number of nitrogens with zero attached hydrogens (tertiary/aromatic N) is 2. The number of amides is 4. The van der Waals surface area contributed by atoms with Gasteiger partial charge < -0.3 is 0 Å². The molecule has 0 radical (unpaired) electrons. The van der Waals surface area contributed by atoms with Crippen molar-refractivity contribution in [1.29, 1.82) is 0 Å². The van der Waals surface area contributed by atoms with Crippen molar-refractivity contribution in [2.24, 2.45) is 5.41 Å². The molecule has 1 aromatic carbocycles. The summed E-state index contributed by atoms with van der Waals surface area (Å²) in [5.41, 5.74) is -0.0525. The average Bonchev–Trinajstić information content (AvgIpc) is 2.57. The first-order valence-corrected chi connectivity index (χ1v) is 7.69. The Morgan fingerprint density at radius 2 is 1.61 bits per heavy atom. The number of carbonyl (C=O) groups is 3. The van der Waals surface area contributed by atoms with Gasteiger partial charge in [-0.1, -0.05) is 36.4 Å². The highest BCUT2D eigenvalue weighted by Crippen LogP contribution is 2.37. The molecule has 1 aliphatic rings. The largest absolute Gasteiger partial charge is 0.332 e. The number of hydrogen-bond donors (Lipinski definition) is 0. The smallest absolute Gasteiger partial charge is 0.273 e. The highest BCUT2D eigenvalue weighted by molar-refractivity contribution is 6.18. The van der Waals surface area contributed by atoms with E-state index in [-0.39, 0.29) is 6.42 Å². The summed E-state index contributed by atoms with van der Waals surface area (Å²) in [4.78, 5) is 39.3. The van der Waals surface area contributed by atoms with Crippen LogP contribution in [0, 0.1) is 5.41 Å². The van der Waals surface area contributed by atoms with Gasteiger partial charge in [0.15, 0.2) is 0 Å². The molecule has 1 saturated heterocycles. The Labute approximate surface area is 136 Å². The van der Waals surface area contributed by atoms with Gasteiger partial charge >= 0.3 is 6.03 Å². The molecule has 4 amide bonds. The molecular formula is C18H22N2O3. The predicted octanol–water partition coefficient (Wildman–Crippen LogP) is 2.62. The van der Waals surface area contributed by atoms with Crippen LogP contribution in [0.5, 0.6) is 0 Å². The Balaban J connectivity index is 2.20. The summed E-state index contributed by atoms with van der Waals surface area (Å²) in [6.07, 6.45) is 3.68. The Hall–Kier alpha value is -2.43. The van der Waals surface area contributed by atoms with E-state index >= 15 is 0 Å². The third-order valence-corrected chi connectivity index (χ3v) is 4.41. The van der Waals surface area contributed by atoms with E-state index in [2.05, 4.69) is 6.58 Å². The van der Waals surface area contributed by atoms with E-state index in [1.54, 1.807) is 6.08 Å². The van der Waals surface area contributed by atoms with Crippen molar-refractivity contribution in [2.75, 3.05) is 14.1 Å². The van der Waals surface area contributed by atoms with Crippen molar-refractivity contribution in [3.8, 4) is 0 Å².